The fourth-order valence-corrected chi connectivity index (χ4v) is 2.47. The molecule has 3 rings (SSSR count). The van der Waals surface area contributed by atoms with Crippen molar-refractivity contribution in [3.63, 3.8) is 0 Å². The van der Waals surface area contributed by atoms with Gasteiger partial charge in [-0.1, -0.05) is 41.9 Å². The Morgan fingerprint density at radius 3 is 2.30 bits per heavy atom. The number of carbonyl (C=O) groups is 2. The van der Waals surface area contributed by atoms with Crippen LogP contribution in [0.1, 0.15) is 28.4 Å². The van der Waals surface area contributed by atoms with Gasteiger partial charge in [-0.05, 0) is 29.8 Å². The molecular weight excluding hydrogens is 274 g/mol. The molecule has 2 aromatic carbocycles. The third-order valence-corrected chi connectivity index (χ3v) is 3.69. The van der Waals surface area contributed by atoms with Crippen molar-refractivity contribution in [1.29, 1.82) is 0 Å². The maximum atomic E-state index is 12.4. The molecule has 2 aromatic rings. The van der Waals surface area contributed by atoms with Gasteiger partial charge < -0.3 is 0 Å². The van der Waals surface area contributed by atoms with E-state index in [1.165, 1.54) is 4.90 Å². The van der Waals surface area contributed by atoms with Crippen LogP contribution in [0, 0.1) is 0 Å². The highest BCUT2D eigenvalue weighted by atomic mass is 35.5. The van der Waals surface area contributed by atoms with Crippen molar-refractivity contribution in [2.45, 2.75) is 12.5 Å². The number of hydrogen-bond donors (Lipinski definition) is 0. The van der Waals surface area contributed by atoms with Gasteiger partial charge in [-0.3, -0.25) is 14.5 Å². The smallest absolute Gasteiger partial charge is 0.261 e. The summed E-state index contributed by atoms with van der Waals surface area (Å²) in [6.07, 6.45) is 0.378. The molecule has 20 heavy (non-hydrogen) atoms. The van der Waals surface area contributed by atoms with Crippen molar-refractivity contribution in [1.82, 2.24) is 4.90 Å². The highest BCUT2D eigenvalue weighted by Crippen LogP contribution is 2.35. The van der Waals surface area contributed by atoms with Gasteiger partial charge in [0, 0.05) is 10.6 Å². The predicted octanol–water partition coefficient (Wildman–Crippen LogP) is 3.45. The molecule has 3 nitrogen and oxygen atoms in total. The van der Waals surface area contributed by atoms with Gasteiger partial charge in [-0.25, -0.2) is 0 Å². The largest absolute Gasteiger partial charge is 0.274 e. The molecule has 0 saturated carbocycles. The molecule has 1 heterocycles. The third kappa shape index (κ3) is 2.21. The molecule has 1 fully saturated rings. The van der Waals surface area contributed by atoms with Crippen molar-refractivity contribution >= 4 is 23.4 Å². The summed E-state index contributed by atoms with van der Waals surface area (Å²) in [7, 11) is 0. The molecule has 100 valence electrons. The molecule has 0 unspecified atom stereocenters. The van der Waals surface area contributed by atoms with Gasteiger partial charge in [-0.2, -0.15) is 0 Å². The molecule has 0 bridgehead atoms. The van der Waals surface area contributed by atoms with Crippen LogP contribution in [0.2, 0.25) is 5.02 Å². The number of carbonyl (C=O) groups excluding carboxylic acids is 2. The van der Waals surface area contributed by atoms with Gasteiger partial charge in [0.15, 0.2) is 0 Å². The number of β-lactam (4-membered cyclic amide) rings is 1. The van der Waals surface area contributed by atoms with Gasteiger partial charge in [0.2, 0.25) is 5.91 Å². The van der Waals surface area contributed by atoms with E-state index >= 15 is 0 Å². The van der Waals surface area contributed by atoms with E-state index in [1.807, 2.05) is 30.3 Å². The highest BCUT2D eigenvalue weighted by molar-refractivity contribution is 6.30. The number of amides is 2. The zero-order valence-electron chi connectivity index (χ0n) is 10.6. The summed E-state index contributed by atoms with van der Waals surface area (Å²) < 4.78 is 0. The van der Waals surface area contributed by atoms with Crippen LogP contribution in [0.4, 0.5) is 0 Å². The number of benzene rings is 2. The molecule has 2 amide bonds. The first-order valence-electron chi connectivity index (χ1n) is 6.34. The Bertz CT molecular complexity index is 652. The Labute approximate surface area is 121 Å². The van der Waals surface area contributed by atoms with E-state index in [4.69, 9.17) is 11.6 Å². The number of nitrogens with zero attached hydrogens (tertiary/aromatic N) is 1. The van der Waals surface area contributed by atoms with Gasteiger partial charge in [0.1, 0.15) is 0 Å². The SMILES string of the molecule is O=C1C[C@@H](c2ccccc2)N1C(=O)c1ccc(Cl)cc1. The van der Waals surface area contributed by atoms with E-state index in [2.05, 4.69) is 0 Å². The van der Waals surface area contributed by atoms with E-state index in [0.29, 0.717) is 17.0 Å². The predicted molar refractivity (Wildman–Crippen MR) is 76.4 cm³/mol. The lowest BCUT2D eigenvalue weighted by Crippen LogP contribution is -2.49. The zero-order valence-corrected chi connectivity index (χ0v) is 11.4. The van der Waals surface area contributed by atoms with E-state index < -0.39 is 0 Å². The van der Waals surface area contributed by atoms with Crippen LogP contribution in [0.25, 0.3) is 0 Å². The highest BCUT2D eigenvalue weighted by Gasteiger charge is 2.41. The van der Waals surface area contributed by atoms with Crippen LogP contribution in [0.15, 0.2) is 54.6 Å². The Morgan fingerprint density at radius 1 is 1.05 bits per heavy atom. The third-order valence-electron chi connectivity index (χ3n) is 3.44. The van der Waals surface area contributed by atoms with Crippen LogP contribution >= 0.6 is 11.6 Å². The van der Waals surface area contributed by atoms with Gasteiger partial charge in [0.25, 0.3) is 5.91 Å². The summed E-state index contributed by atoms with van der Waals surface area (Å²) in [4.78, 5) is 25.5. The monoisotopic (exact) mass is 285 g/mol. The molecule has 0 spiro atoms. The molecule has 0 radical (unpaired) electrons. The minimum Gasteiger partial charge on any atom is -0.274 e. The van der Waals surface area contributed by atoms with Crippen molar-refractivity contribution in [2.75, 3.05) is 0 Å². The Balaban J connectivity index is 1.86. The van der Waals surface area contributed by atoms with E-state index in [1.54, 1.807) is 24.3 Å². The Hall–Kier alpha value is -2.13. The van der Waals surface area contributed by atoms with Crippen molar-refractivity contribution in [3.8, 4) is 0 Å². The summed E-state index contributed by atoms with van der Waals surface area (Å²) >= 11 is 5.81. The number of rotatable bonds is 2. The number of halogens is 1. The minimum atomic E-state index is -0.272. The number of imide groups is 1. The zero-order chi connectivity index (χ0) is 14.1. The lowest BCUT2D eigenvalue weighted by Gasteiger charge is -2.39. The van der Waals surface area contributed by atoms with Crippen molar-refractivity contribution in [3.05, 3.63) is 70.7 Å². The molecule has 0 aromatic heterocycles. The minimum absolute atomic E-state index is 0.140. The molecule has 0 N–H and O–H groups in total. The molecule has 4 heteroatoms. The first-order chi connectivity index (χ1) is 9.66. The first-order valence-corrected chi connectivity index (χ1v) is 6.71. The van der Waals surface area contributed by atoms with Crippen LogP contribution in [-0.2, 0) is 4.79 Å². The molecule has 1 aliphatic rings. The quantitative estimate of drug-likeness (QED) is 0.626. The first kappa shape index (κ1) is 12.9. The average molecular weight is 286 g/mol. The van der Waals surface area contributed by atoms with Crippen LogP contribution in [0.3, 0.4) is 0 Å². The fourth-order valence-electron chi connectivity index (χ4n) is 2.34. The van der Waals surface area contributed by atoms with Crippen LogP contribution in [-0.4, -0.2) is 16.7 Å². The van der Waals surface area contributed by atoms with E-state index in [0.717, 1.165) is 5.56 Å². The van der Waals surface area contributed by atoms with Crippen molar-refractivity contribution < 1.29 is 9.59 Å². The molecule has 1 saturated heterocycles. The maximum Gasteiger partial charge on any atom is 0.261 e. The number of likely N-dealkylation sites (tertiary alicyclic amines) is 1. The summed E-state index contributed by atoms with van der Waals surface area (Å²) in [5.41, 5.74) is 1.46. The van der Waals surface area contributed by atoms with Gasteiger partial charge in [0.05, 0.1) is 12.5 Å². The Morgan fingerprint density at radius 2 is 1.70 bits per heavy atom. The van der Waals surface area contributed by atoms with Gasteiger partial charge >= 0.3 is 0 Å². The standard InChI is InChI=1S/C16H12ClNO2/c17-13-8-6-12(7-9-13)16(20)18-14(10-15(18)19)11-4-2-1-3-5-11/h1-9,14H,10H2/t14-/m0/s1. The normalized spacial score (nSPS) is 17.8. The van der Waals surface area contributed by atoms with Crippen molar-refractivity contribution in [2.24, 2.45) is 0 Å². The summed E-state index contributed by atoms with van der Waals surface area (Å²) in [6, 6.07) is 16.0. The number of hydrogen-bond acceptors (Lipinski definition) is 2. The summed E-state index contributed by atoms with van der Waals surface area (Å²) in [5, 5.41) is 0.566. The maximum absolute atomic E-state index is 12.4. The topological polar surface area (TPSA) is 37.4 Å². The molecule has 0 aliphatic carbocycles. The van der Waals surface area contributed by atoms with Crippen LogP contribution < -0.4 is 0 Å². The van der Waals surface area contributed by atoms with Gasteiger partial charge in [-0.15, -0.1) is 0 Å². The Kier molecular flexibility index (Phi) is 3.28. The van der Waals surface area contributed by atoms with E-state index in [-0.39, 0.29) is 17.9 Å². The second-order valence-corrected chi connectivity index (χ2v) is 5.14. The fraction of sp³-hybridized carbons (Fsp3) is 0.125. The van der Waals surface area contributed by atoms with E-state index in [9.17, 15) is 9.59 Å². The second kappa shape index (κ2) is 5.10. The summed E-state index contributed by atoms with van der Waals surface area (Å²) in [5.74, 6) is -0.412. The summed E-state index contributed by atoms with van der Waals surface area (Å²) in [6.45, 7) is 0. The van der Waals surface area contributed by atoms with Crippen LogP contribution in [0.5, 0.6) is 0 Å². The lowest BCUT2D eigenvalue weighted by atomic mass is 9.93. The second-order valence-electron chi connectivity index (χ2n) is 4.71. The molecular formula is C16H12ClNO2. The molecule has 1 aliphatic heterocycles. The lowest BCUT2D eigenvalue weighted by molar-refractivity contribution is -0.141. The molecule has 1 atom stereocenters. The average Bonchev–Trinajstić information content (AvgIpc) is 2.46.